The second-order valence-corrected chi connectivity index (χ2v) is 7.83. The van der Waals surface area contributed by atoms with E-state index in [0.717, 1.165) is 10.8 Å². The number of sulfone groups is 1. The smallest absolute Gasteiger partial charge is 0.269 e. The monoisotopic (exact) mass is 332 g/mol. The molecule has 2 amide bonds. The van der Waals surface area contributed by atoms with E-state index in [0.29, 0.717) is 12.0 Å². The molecule has 0 radical (unpaired) electrons. The van der Waals surface area contributed by atoms with Gasteiger partial charge in [-0.05, 0) is 29.3 Å². The van der Waals surface area contributed by atoms with Crippen LogP contribution in [0.1, 0.15) is 16.8 Å². The van der Waals surface area contributed by atoms with Crippen molar-refractivity contribution in [2.24, 2.45) is 5.92 Å². The molecule has 0 bridgehead atoms. The molecule has 0 aliphatic carbocycles. The first kappa shape index (κ1) is 15.5. The minimum atomic E-state index is -3.13. The molecule has 1 aliphatic rings. The maximum Gasteiger partial charge on any atom is 0.269 e. The Hall–Kier alpha value is -2.41. The fraction of sp³-hybridized carbons (Fsp3) is 0.250. The van der Waals surface area contributed by atoms with Gasteiger partial charge in [0, 0.05) is 5.56 Å². The fourth-order valence-electron chi connectivity index (χ4n) is 2.62. The minimum Gasteiger partial charge on any atom is -0.273 e. The number of hydrogen-bond donors (Lipinski definition) is 2. The third-order valence-corrected chi connectivity index (χ3v) is 5.68. The van der Waals surface area contributed by atoms with Crippen molar-refractivity contribution in [3.05, 3.63) is 48.0 Å². The Balaban J connectivity index is 1.63. The van der Waals surface area contributed by atoms with E-state index in [1.807, 2.05) is 30.3 Å². The maximum absolute atomic E-state index is 12.1. The molecule has 1 saturated heterocycles. The van der Waals surface area contributed by atoms with Crippen molar-refractivity contribution in [2.75, 3.05) is 11.5 Å². The van der Waals surface area contributed by atoms with E-state index in [-0.39, 0.29) is 11.5 Å². The molecule has 0 aromatic heterocycles. The molecule has 2 N–H and O–H groups in total. The van der Waals surface area contributed by atoms with Gasteiger partial charge in [0.1, 0.15) is 0 Å². The molecule has 1 heterocycles. The Morgan fingerprint density at radius 1 is 1.00 bits per heavy atom. The highest BCUT2D eigenvalue weighted by molar-refractivity contribution is 7.91. The van der Waals surface area contributed by atoms with Crippen molar-refractivity contribution in [1.29, 1.82) is 0 Å². The quantitative estimate of drug-likeness (QED) is 0.804. The number of hydrazine groups is 1. The Morgan fingerprint density at radius 3 is 2.43 bits per heavy atom. The molecule has 3 rings (SSSR count). The second kappa shape index (κ2) is 6.00. The van der Waals surface area contributed by atoms with E-state index < -0.39 is 27.6 Å². The molecule has 1 fully saturated rings. The number of carbonyl (C=O) groups is 2. The summed E-state index contributed by atoms with van der Waals surface area (Å²) < 4.78 is 22.7. The molecule has 7 heteroatoms. The highest BCUT2D eigenvalue weighted by Gasteiger charge is 2.33. The van der Waals surface area contributed by atoms with Crippen LogP contribution in [-0.2, 0) is 14.6 Å². The lowest BCUT2D eigenvalue weighted by atomic mass is 10.1. The van der Waals surface area contributed by atoms with Crippen LogP contribution in [0.3, 0.4) is 0 Å². The summed E-state index contributed by atoms with van der Waals surface area (Å²) in [6.07, 6.45) is 0.292. The average Bonchev–Trinajstić information content (AvgIpc) is 2.92. The highest BCUT2D eigenvalue weighted by Crippen LogP contribution is 2.18. The molecular weight excluding hydrogens is 316 g/mol. The van der Waals surface area contributed by atoms with Gasteiger partial charge in [0.15, 0.2) is 9.84 Å². The molecule has 6 nitrogen and oxygen atoms in total. The van der Waals surface area contributed by atoms with Crippen LogP contribution in [-0.4, -0.2) is 31.7 Å². The van der Waals surface area contributed by atoms with Gasteiger partial charge in [-0.2, -0.15) is 0 Å². The Bertz CT molecular complexity index is 877. The Labute approximate surface area is 133 Å². The fourth-order valence-corrected chi connectivity index (χ4v) is 4.37. The van der Waals surface area contributed by atoms with Crippen molar-refractivity contribution in [1.82, 2.24) is 10.9 Å². The molecule has 2 aromatic rings. The summed E-state index contributed by atoms with van der Waals surface area (Å²) in [5.41, 5.74) is 5.06. The largest absolute Gasteiger partial charge is 0.273 e. The number of benzene rings is 2. The van der Waals surface area contributed by atoms with E-state index in [1.54, 1.807) is 12.1 Å². The van der Waals surface area contributed by atoms with Crippen LogP contribution in [0, 0.1) is 5.92 Å². The van der Waals surface area contributed by atoms with Crippen LogP contribution in [0.25, 0.3) is 10.8 Å². The van der Waals surface area contributed by atoms with Crippen LogP contribution in [0.15, 0.2) is 42.5 Å². The van der Waals surface area contributed by atoms with Crippen LogP contribution in [0.5, 0.6) is 0 Å². The summed E-state index contributed by atoms with van der Waals surface area (Å²) in [7, 11) is -3.13. The van der Waals surface area contributed by atoms with Crippen molar-refractivity contribution in [2.45, 2.75) is 6.42 Å². The molecule has 0 unspecified atom stereocenters. The zero-order valence-electron chi connectivity index (χ0n) is 12.3. The topological polar surface area (TPSA) is 92.3 Å². The summed E-state index contributed by atoms with van der Waals surface area (Å²) in [5, 5.41) is 1.94. The molecule has 1 atom stereocenters. The summed E-state index contributed by atoms with van der Waals surface area (Å²) >= 11 is 0. The maximum atomic E-state index is 12.1. The minimum absolute atomic E-state index is 0.0176. The van der Waals surface area contributed by atoms with Crippen LogP contribution in [0.2, 0.25) is 0 Å². The lowest BCUT2D eigenvalue weighted by Crippen LogP contribution is -2.44. The first-order chi connectivity index (χ1) is 10.9. The Morgan fingerprint density at radius 2 is 1.74 bits per heavy atom. The molecule has 120 valence electrons. The number of amides is 2. The van der Waals surface area contributed by atoms with Crippen LogP contribution in [0.4, 0.5) is 0 Å². The normalized spacial score (nSPS) is 19.4. The lowest BCUT2D eigenvalue weighted by Gasteiger charge is -2.11. The van der Waals surface area contributed by atoms with Gasteiger partial charge in [-0.1, -0.05) is 30.3 Å². The third-order valence-electron chi connectivity index (χ3n) is 3.91. The van der Waals surface area contributed by atoms with Gasteiger partial charge in [-0.15, -0.1) is 0 Å². The summed E-state index contributed by atoms with van der Waals surface area (Å²) in [4.78, 5) is 24.0. The molecular formula is C16H16N2O4S. The van der Waals surface area contributed by atoms with E-state index in [1.165, 1.54) is 0 Å². The molecule has 2 aromatic carbocycles. The molecule has 0 spiro atoms. The van der Waals surface area contributed by atoms with Crippen molar-refractivity contribution >= 4 is 32.4 Å². The Kier molecular flexibility index (Phi) is 4.04. The predicted octanol–water partition coefficient (Wildman–Crippen LogP) is 1.04. The SMILES string of the molecule is O=C(NNC(=O)[C@H]1CCS(=O)(=O)C1)c1ccc2ccccc2c1. The first-order valence-corrected chi connectivity index (χ1v) is 9.06. The van der Waals surface area contributed by atoms with Crippen molar-refractivity contribution in [3.63, 3.8) is 0 Å². The van der Waals surface area contributed by atoms with Gasteiger partial charge < -0.3 is 0 Å². The predicted molar refractivity (Wildman–Crippen MR) is 86.3 cm³/mol. The van der Waals surface area contributed by atoms with Gasteiger partial charge >= 0.3 is 0 Å². The number of hydrogen-bond acceptors (Lipinski definition) is 4. The zero-order chi connectivity index (χ0) is 16.4. The van der Waals surface area contributed by atoms with Gasteiger partial charge in [-0.25, -0.2) is 8.42 Å². The van der Waals surface area contributed by atoms with Gasteiger partial charge in [0.2, 0.25) is 5.91 Å². The van der Waals surface area contributed by atoms with Crippen LogP contribution < -0.4 is 10.9 Å². The average molecular weight is 332 g/mol. The van der Waals surface area contributed by atoms with Gasteiger partial charge in [0.05, 0.1) is 17.4 Å². The first-order valence-electron chi connectivity index (χ1n) is 7.24. The van der Waals surface area contributed by atoms with Crippen molar-refractivity contribution in [3.8, 4) is 0 Å². The number of rotatable bonds is 2. The highest BCUT2D eigenvalue weighted by atomic mass is 32.2. The van der Waals surface area contributed by atoms with Gasteiger partial charge in [0.25, 0.3) is 5.91 Å². The van der Waals surface area contributed by atoms with E-state index >= 15 is 0 Å². The summed E-state index contributed by atoms with van der Waals surface area (Å²) in [5.74, 6) is -1.66. The molecule has 0 saturated carbocycles. The standard InChI is InChI=1S/C16H16N2O4S/c19-15(13-6-5-11-3-1-2-4-12(11)9-13)17-18-16(20)14-7-8-23(21,22)10-14/h1-6,9,14H,7-8,10H2,(H,17,19)(H,18,20)/t14-/m0/s1. The summed E-state index contributed by atoms with van der Waals surface area (Å²) in [6.45, 7) is 0. The van der Waals surface area contributed by atoms with Gasteiger partial charge in [-0.3, -0.25) is 20.4 Å². The zero-order valence-corrected chi connectivity index (χ0v) is 13.1. The van der Waals surface area contributed by atoms with E-state index in [2.05, 4.69) is 10.9 Å². The van der Waals surface area contributed by atoms with Crippen molar-refractivity contribution < 1.29 is 18.0 Å². The van der Waals surface area contributed by atoms with E-state index in [9.17, 15) is 18.0 Å². The second-order valence-electron chi connectivity index (χ2n) is 5.61. The molecule has 1 aliphatic heterocycles. The number of fused-ring (bicyclic) bond motifs is 1. The third kappa shape index (κ3) is 3.50. The number of nitrogens with one attached hydrogen (secondary N) is 2. The lowest BCUT2D eigenvalue weighted by molar-refractivity contribution is -0.125. The van der Waals surface area contributed by atoms with E-state index in [4.69, 9.17) is 0 Å². The molecule has 23 heavy (non-hydrogen) atoms. The van der Waals surface area contributed by atoms with Crippen LogP contribution >= 0.6 is 0 Å². The summed E-state index contributed by atoms with van der Waals surface area (Å²) in [6, 6.07) is 12.9. The number of carbonyl (C=O) groups excluding carboxylic acids is 2.